The molecule has 6 heteroatoms. The van der Waals surface area contributed by atoms with E-state index < -0.39 is 27.7 Å². The third kappa shape index (κ3) is 2.93. The molecule has 4 nitrogen and oxygen atoms in total. The molecule has 0 bridgehead atoms. The average Bonchev–Trinajstić information content (AvgIpc) is 2.22. The molecule has 0 aliphatic rings. The summed E-state index contributed by atoms with van der Waals surface area (Å²) in [5.41, 5.74) is 0.815. The van der Waals surface area contributed by atoms with Crippen LogP contribution in [0.3, 0.4) is 0 Å². The van der Waals surface area contributed by atoms with Crippen LogP contribution in [0.5, 0.6) is 0 Å². The molecule has 90 valence electrons. The SMILES string of the molecule is Cc1ccc(F)cc1NS(=O)(=O)C(C)CO. The molecule has 1 unspecified atom stereocenters. The van der Waals surface area contributed by atoms with Gasteiger partial charge in [-0.05, 0) is 31.5 Å². The molecule has 0 aliphatic heterocycles. The van der Waals surface area contributed by atoms with Crippen molar-refractivity contribution in [3.05, 3.63) is 29.6 Å². The Bertz CT molecular complexity index is 473. The lowest BCUT2D eigenvalue weighted by atomic mass is 10.2. The second-order valence-electron chi connectivity index (χ2n) is 3.60. The van der Waals surface area contributed by atoms with Crippen molar-refractivity contribution in [2.45, 2.75) is 19.1 Å². The highest BCUT2D eigenvalue weighted by atomic mass is 32.2. The van der Waals surface area contributed by atoms with E-state index in [2.05, 4.69) is 4.72 Å². The number of aliphatic hydroxyl groups excluding tert-OH is 1. The largest absolute Gasteiger partial charge is 0.395 e. The minimum Gasteiger partial charge on any atom is -0.395 e. The summed E-state index contributed by atoms with van der Waals surface area (Å²) in [5.74, 6) is -0.514. The lowest BCUT2D eigenvalue weighted by Gasteiger charge is -2.14. The zero-order valence-corrected chi connectivity index (χ0v) is 9.88. The van der Waals surface area contributed by atoms with Crippen LogP contribution in [0.2, 0.25) is 0 Å². The summed E-state index contributed by atoms with van der Waals surface area (Å²) in [6.45, 7) is 2.56. The molecule has 1 aromatic carbocycles. The second-order valence-corrected chi connectivity index (χ2v) is 5.70. The molecule has 16 heavy (non-hydrogen) atoms. The number of aliphatic hydroxyl groups is 1. The van der Waals surface area contributed by atoms with Crippen LogP contribution in [0.15, 0.2) is 18.2 Å². The molecule has 0 saturated heterocycles. The highest BCUT2D eigenvalue weighted by molar-refractivity contribution is 7.93. The van der Waals surface area contributed by atoms with Gasteiger partial charge in [-0.15, -0.1) is 0 Å². The van der Waals surface area contributed by atoms with E-state index in [1.165, 1.54) is 19.1 Å². The van der Waals surface area contributed by atoms with Gasteiger partial charge in [0.15, 0.2) is 0 Å². The van der Waals surface area contributed by atoms with Crippen molar-refractivity contribution in [2.75, 3.05) is 11.3 Å². The highest BCUT2D eigenvalue weighted by Gasteiger charge is 2.20. The summed E-state index contributed by atoms with van der Waals surface area (Å²) in [7, 11) is -3.67. The number of aryl methyl sites for hydroxylation is 1. The molecule has 1 atom stereocenters. The minimum absolute atomic E-state index is 0.195. The van der Waals surface area contributed by atoms with Gasteiger partial charge >= 0.3 is 0 Å². The molecular weight excluding hydrogens is 233 g/mol. The van der Waals surface area contributed by atoms with Crippen molar-refractivity contribution >= 4 is 15.7 Å². The Labute approximate surface area is 94.2 Å². The fourth-order valence-corrected chi connectivity index (χ4v) is 1.98. The van der Waals surface area contributed by atoms with Crippen LogP contribution in [0, 0.1) is 12.7 Å². The zero-order chi connectivity index (χ0) is 12.3. The van der Waals surface area contributed by atoms with Gasteiger partial charge in [0.25, 0.3) is 0 Å². The molecule has 0 aliphatic carbocycles. The van der Waals surface area contributed by atoms with Gasteiger partial charge in [-0.3, -0.25) is 4.72 Å². The monoisotopic (exact) mass is 247 g/mol. The van der Waals surface area contributed by atoms with E-state index in [1.54, 1.807) is 6.92 Å². The van der Waals surface area contributed by atoms with Gasteiger partial charge in [-0.1, -0.05) is 6.07 Å². The summed E-state index contributed by atoms with van der Waals surface area (Å²) in [6.07, 6.45) is 0. The zero-order valence-electron chi connectivity index (χ0n) is 9.07. The topological polar surface area (TPSA) is 66.4 Å². The molecule has 1 rings (SSSR count). The van der Waals surface area contributed by atoms with Crippen LogP contribution >= 0.6 is 0 Å². The second kappa shape index (κ2) is 4.80. The first-order valence-electron chi connectivity index (χ1n) is 4.75. The Morgan fingerprint density at radius 2 is 2.12 bits per heavy atom. The Kier molecular flexibility index (Phi) is 3.88. The fraction of sp³-hybridized carbons (Fsp3) is 0.400. The van der Waals surface area contributed by atoms with Crippen molar-refractivity contribution < 1.29 is 17.9 Å². The average molecular weight is 247 g/mol. The lowest BCUT2D eigenvalue weighted by molar-refractivity contribution is 0.296. The summed E-state index contributed by atoms with van der Waals surface area (Å²) in [5, 5.41) is 7.84. The summed E-state index contributed by atoms with van der Waals surface area (Å²) < 4.78 is 38.4. The number of hydrogen-bond donors (Lipinski definition) is 2. The molecule has 0 amide bonds. The first-order chi connectivity index (χ1) is 7.36. The first-order valence-corrected chi connectivity index (χ1v) is 6.30. The van der Waals surface area contributed by atoms with Crippen LogP contribution in [0.4, 0.5) is 10.1 Å². The number of nitrogens with one attached hydrogen (secondary N) is 1. The lowest BCUT2D eigenvalue weighted by Crippen LogP contribution is -2.28. The van der Waals surface area contributed by atoms with E-state index in [9.17, 15) is 12.8 Å². The smallest absolute Gasteiger partial charge is 0.237 e. The first kappa shape index (κ1) is 12.9. The molecule has 0 aromatic heterocycles. The van der Waals surface area contributed by atoms with Gasteiger partial charge < -0.3 is 5.11 Å². The van der Waals surface area contributed by atoms with Gasteiger partial charge in [0.05, 0.1) is 12.3 Å². The van der Waals surface area contributed by atoms with E-state index >= 15 is 0 Å². The van der Waals surface area contributed by atoms with E-state index in [-0.39, 0.29) is 5.69 Å². The van der Waals surface area contributed by atoms with Gasteiger partial charge in [0, 0.05) is 0 Å². The van der Waals surface area contributed by atoms with Crippen LogP contribution in [-0.4, -0.2) is 25.4 Å². The van der Waals surface area contributed by atoms with Crippen molar-refractivity contribution in [3.63, 3.8) is 0 Å². The van der Waals surface area contributed by atoms with Crippen molar-refractivity contribution in [1.82, 2.24) is 0 Å². The van der Waals surface area contributed by atoms with Crippen molar-refractivity contribution in [1.29, 1.82) is 0 Å². The third-order valence-corrected chi connectivity index (χ3v) is 3.95. The van der Waals surface area contributed by atoms with Crippen LogP contribution < -0.4 is 4.72 Å². The Morgan fingerprint density at radius 3 is 2.69 bits per heavy atom. The molecule has 1 aromatic rings. The van der Waals surface area contributed by atoms with E-state index in [0.29, 0.717) is 5.56 Å². The minimum atomic E-state index is -3.67. The highest BCUT2D eigenvalue weighted by Crippen LogP contribution is 2.18. The number of anilines is 1. The molecule has 0 heterocycles. The fourth-order valence-electron chi connectivity index (χ4n) is 1.06. The Hall–Kier alpha value is -1.14. The molecule has 0 fully saturated rings. The van der Waals surface area contributed by atoms with Crippen molar-refractivity contribution in [3.8, 4) is 0 Å². The van der Waals surface area contributed by atoms with Crippen LogP contribution in [0.25, 0.3) is 0 Å². The van der Waals surface area contributed by atoms with Crippen molar-refractivity contribution in [2.24, 2.45) is 0 Å². The van der Waals surface area contributed by atoms with E-state index in [4.69, 9.17) is 5.11 Å². The summed E-state index contributed by atoms with van der Waals surface area (Å²) >= 11 is 0. The van der Waals surface area contributed by atoms with Crippen LogP contribution in [0.1, 0.15) is 12.5 Å². The molecule has 0 saturated carbocycles. The number of rotatable bonds is 4. The van der Waals surface area contributed by atoms with Gasteiger partial charge in [0.2, 0.25) is 10.0 Å². The maximum Gasteiger partial charge on any atom is 0.237 e. The predicted octanol–water partition coefficient (Wildman–Crippen LogP) is 1.26. The number of hydrogen-bond acceptors (Lipinski definition) is 3. The quantitative estimate of drug-likeness (QED) is 0.841. The van der Waals surface area contributed by atoms with Gasteiger partial charge in [0.1, 0.15) is 11.1 Å². The maximum atomic E-state index is 12.9. The molecular formula is C10H14FNO3S. The van der Waals surface area contributed by atoms with Gasteiger partial charge in [-0.2, -0.15) is 0 Å². The maximum absolute atomic E-state index is 12.9. The number of sulfonamides is 1. The normalized spacial score (nSPS) is 13.5. The predicted molar refractivity (Wildman–Crippen MR) is 60.2 cm³/mol. The number of halogens is 1. The molecule has 0 spiro atoms. The third-order valence-electron chi connectivity index (χ3n) is 2.24. The van der Waals surface area contributed by atoms with Crippen LogP contribution in [-0.2, 0) is 10.0 Å². The Morgan fingerprint density at radius 1 is 1.50 bits per heavy atom. The van der Waals surface area contributed by atoms with Gasteiger partial charge in [-0.25, -0.2) is 12.8 Å². The van der Waals surface area contributed by atoms with E-state index in [1.807, 2.05) is 0 Å². The summed E-state index contributed by atoms with van der Waals surface area (Å²) in [6, 6.07) is 3.84. The molecule has 0 radical (unpaired) electrons. The molecule has 2 N–H and O–H groups in total. The van der Waals surface area contributed by atoms with E-state index in [0.717, 1.165) is 6.07 Å². The number of benzene rings is 1. The Balaban J connectivity index is 3.01. The summed E-state index contributed by atoms with van der Waals surface area (Å²) in [4.78, 5) is 0. The standard InChI is InChI=1S/C10H14FNO3S/c1-7-3-4-9(11)5-10(7)12-16(14,15)8(2)6-13/h3-5,8,12-13H,6H2,1-2H3.